The number of carboxylic acid groups (broad SMARTS) is 1. The molecule has 32 heavy (non-hydrogen) atoms. The fourth-order valence-corrected chi connectivity index (χ4v) is 3.07. The molecular weight excluding hydrogens is 436 g/mol. The number of aliphatic imine (C=N–C) groups is 1. The van der Waals surface area contributed by atoms with Crippen molar-refractivity contribution >= 4 is 40.7 Å². The number of nitrogens with zero attached hydrogens (tertiary/aromatic N) is 1. The minimum atomic E-state index is -1.58. The van der Waals surface area contributed by atoms with Crippen molar-refractivity contribution in [3.8, 4) is 0 Å². The molecule has 1 aliphatic carbocycles. The predicted octanol–water partition coefficient (Wildman–Crippen LogP) is 3.25. The van der Waals surface area contributed by atoms with Gasteiger partial charge in [0.15, 0.2) is 6.04 Å². The number of halogens is 1. The number of carbonyl (C=O) groups excluding carboxylic acids is 2. The SMILES string of the molecule is O=C(O)C1=C(O)C=C(Cl)C(=O)C1=NC(COCc1ccccc1)C(=O)Nc1ccccc1. The van der Waals surface area contributed by atoms with Crippen LogP contribution in [0.25, 0.3) is 0 Å². The molecule has 0 aliphatic heterocycles. The Morgan fingerprint density at radius 2 is 1.69 bits per heavy atom. The molecule has 0 spiro atoms. The highest BCUT2D eigenvalue weighted by atomic mass is 35.5. The normalized spacial score (nSPS) is 16.0. The van der Waals surface area contributed by atoms with Gasteiger partial charge in [0.25, 0.3) is 5.91 Å². The van der Waals surface area contributed by atoms with Crippen LogP contribution in [0.1, 0.15) is 5.56 Å². The smallest absolute Gasteiger partial charge is 0.341 e. The molecule has 8 nitrogen and oxygen atoms in total. The molecule has 1 unspecified atom stereocenters. The van der Waals surface area contributed by atoms with Gasteiger partial charge >= 0.3 is 5.97 Å². The van der Waals surface area contributed by atoms with Crippen LogP contribution in [0.3, 0.4) is 0 Å². The van der Waals surface area contributed by atoms with Gasteiger partial charge in [0.05, 0.1) is 18.2 Å². The summed E-state index contributed by atoms with van der Waals surface area (Å²) in [7, 11) is 0. The van der Waals surface area contributed by atoms with Gasteiger partial charge in [-0.25, -0.2) is 4.79 Å². The first-order valence-electron chi connectivity index (χ1n) is 9.51. The Hall–Kier alpha value is -3.75. The van der Waals surface area contributed by atoms with Crippen LogP contribution in [0.15, 0.2) is 88.1 Å². The van der Waals surface area contributed by atoms with Gasteiger partial charge in [-0.2, -0.15) is 0 Å². The van der Waals surface area contributed by atoms with Gasteiger partial charge in [0, 0.05) is 11.8 Å². The highest BCUT2D eigenvalue weighted by molar-refractivity contribution is 6.65. The van der Waals surface area contributed by atoms with Crippen LogP contribution in [0.2, 0.25) is 0 Å². The molecule has 1 amide bonds. The summed E-state index contributed by atoms with van der Waals surface area (Å²) in [5.41, 5.74) is -0.0274. The zero-order valence-corrected chi connectivity index (χ0v) is 17.5. The molecule has 0 bridgehead atoms. The van der Waals surface area contributed by atoms with E-state index >= 15 is 0 Å². The Labute approximate surface area is 188 Å². The molecule has 2 aromatic carbocycles. The zero-order chi connectivity index (χ0) is 23.1. The molecular formula is C23H19ClN2O6. The molecule has 0 fully saturated rings. The third-order valence-electron chi connectivity index (χ3n) is 4.42. The second-order valence-corrected chi connectivity index (χ2v) is 7.14. The summed E-state index contributed by atoms with van der Waals surface area (Å²) in [5.74, 6) is -3.85. The van der Waals surface area contributed by atoms with Crippen LogP contribution < -0.4 is 5.32 Å². The van der Waals surface area contributed by atoms with Crippen molar-refractivity contribution in [2.75, 3.05) is 11.9 Å². The molecule has 2 aromatic rings. The number of allylic oxidation sites excluding steroid dienone is 2. The summed E-state index contributed by atoms with van der Waals surface area (Å²) in [4.78, 5) is 41.0. The van der Waals surface area contributed by atoms with Crippen molar-refractivity contribution in [1.29, 1.82) is 0 Å². The molecule has 0 aromatic heterocycles. The molecule has 9 heteroatoms. The van der Waals surface area contributed by atoms with Gasteiger partial charge in [-0.15, -0.1) is 0 Å². The Kier molecular flexibility index (Phi) is 7.54. The summed E-state index contributed by atoms with van der Waals surface area (Å²) >= 11 is 5.82. The maximum Gasteiger partial charge on any atom is 0.341 e. The highest BCUT2D eigenvalue weighted by Gasteiger charge is 2.33. The number of carboxylic acids is 1. The fourth-order valence-electron chi connectivity index (χ4n) is 2.88. The number of benzene rings is 2. The number of carbonyl (C=O) groups is 3. The van der Waals surface area contributed by atoms with E-state index in [2.05, 4.69) is 10.3 Å². The van der Waals surface area contributed by atoms with E-state index in [1.54, 1.807) is 30.3 Å². The Morgan fingerprint density at radius 3 is 2.31 bits per heavy atom. The lowest BCUT2D eigenvalue weighted by atomic mass is 9.99. The first-order chi connectivity index (χ1) is 15.4. The van der Waals surface area contributed by atoms with E-state index in [9.17, 15) is 24.6 Å². The lowest BCUT2D eigenvalue weighted by Crippen LogP contribution is -2.35. The molecule has 1 atom stereocenters. The van der Waals surface area contributed by atoms with E-state index in [-0.39, 0.29) is 13.2 Å². The molecule has 3 rings (SSSR count). The van der Waals surface area contributed by atoms with Gasteiger partial charge < -0.3 is 20.3 Å². The number of hydrogen-bond donors (Lipinski definition) is 3. The number of Topliss-reactive ketones (excluding diaryl/α,β-unsaturated/α-hetero) is 1. The summed E-state index contributed by atoms with van der Waals surface area (Å²) in [6.07, 6.45) is 0.831. The van der Waals surface area contributed by atoms with Crippen molar-refractivity contribution in [2.45, 2.75) is 12.6 Å². The fraction of sp³-hybridized carbons (Fsp3) is 0.130. The number of nitrogens with one attached hydrogen (secondary N) is 1. The largest absolute Gasteiger partial charge is 0.507 e. The Bertz CT molecular complexity index is 1110. The van der Waals surface area contributed by atoms with Crippen molar-refractivity contribution in [3.05, 3.63) is 88.7 Å². The van der Waals surface area contributed by atoms with E-state index in [4.69, 9.17) is 16.3 Å². The number of aliphatic hydroxyl groups is 1. The number of anilines is 1. The minimum absolute atomic E-state index is 0.169. The van der Waals surface area contributed by atoms with Crippen molar-refractivity contribution in [2.24, 2.45) is 4.99 Å². The monoisotopic (exact) mass is 454 g/mol. The van der Waals surface area contributed by atoms with Gasteiger partial charge in [0.2, 0.25) is 5.78 Å². The van der Waals surface area contributed by atoms with E-state index in [1.165, 1.54) is 0 Å². The second kappa shape index (κ2) is 10.5. The molecule has 164 valence electrons. The number of hydrogen-bond acceptors (Lipinski definition) is 6. The van der Waals surface area contributed by atoms with Gasteiger partial charge in [-0.05, 0) is 17.7 Å². The topological polar surface area (TPSA) is 125 Å². The first-order valence-corrected chi connectivity index (χ1v) is 9.88. The number of ether oxygens (including phenoxy) is 1. The number of amides is 1. The molecule has 1 aliphatic rings. The van der Waals surface area contributed by atoms with Crippen LogP contribution in [-0.4, -0.2) is 46.2 Å². The minimum Gasteiger partial charge on any atom is -0.507 e. The van der Waals surface area contributed by atoms with E-state index < -0.39 is 45.8 Å². The Balaban J connectivity index is 1.89. The lowest BCUT2D eigenvalue weighted by molar-refractivity contribution is -0.132. The standard InChI is InChI=1S/C23H19ClN2O6/c24-16-11-18(27)19(23(30)31)20(21(16)28)26-17(13-32-12-14-7-3-1-4-8-14)22(29)25-15-9-5-2-6-10-15/h1-11,17,27H,12-13H2,(H,25,29)(H,30,31). The van der Waals surface area contributed by atoms with E-state index in [1.807, 2.05) is 30.3 Å². The van der Waals surface area contributed by atoms with Crippen LogP contribution in [0, 0.1) is 0 Å². The maximum absolute atomic E-state index is 12.9. The van der Waals surface area contributed by atoms with Crippen LogP contribution in [0.4, 0.5) is 5.69 Å². The summed E-state index contributed by atoms with van der Waals surface area (Å²) < 4.78 is 5.61. The average molecular weight is 455 g/mol. The second-order valence-electron chi connectivity index (χ2n) is 6.74. The predicted molar refractivity (Wildman–Crippen MR) is 119 cm³/mol. The summed E-state index contributed by atoms with van der Waals surface area (Å²) in [5, 5.41) is 21.7. The van der Waals surface area contributed by atoms with Gasteiger partial charge in [0.1, 0.15) is 17.0 Å². The van der Waals surface area contributed by atoms with Crippen molar-refractivity contribution in [1.82, 2.24) is 0 Å². The number of aliphatic carboxylic acids is 1. The highest BCUT2D eigenvalue weighted by Crippen LogP contribution is 2.22. The summed E-state index contributed by atoms with van der Waals surface area (Å²) in [6, 6.07) is 16.4. The third kappa shape index (κ3) is 5.69. The molecule has 0 heterocycles. The van der Waals surface area contributed by atoms with Crippen LogP contribution in [-0.2, 0) is 25.7 Å². The zero-order valence-electron chi connectivity index (χ0n) is 16.7. The first kappa shape index (κ1) is 22.9. The van der Waals surface area contributed by atoms with Crippen LogP contribution >= 0.6 is 11.6 Å². The van der Waals surface area contributed by atoms with Gasteiger partial charge in [-0.1, -0.05) is 60.1 Å². The molecule has 0 saturated carbocycles. The molecule has 0 radical (unpaired) electrons. The van der Waals surface area contributed by atoms with E-state index in [0.29, 0.717) is 5.69 Å². The molecule has 3 N–H and O–H groups in total. The van der Waals surface area contributed by atoms with Crippen molar-refractivity contribution < 1.29 is 29.3 Å². The van der Waals surface area contributed by atoms with E-state index in [0.717, 1.165) is 11.6 Å². The number of rotatable bonds is 8. The quantitative estimate of drug-likeness (QED) is 0.526. The van der Waals surface area contributed by atoms with Gasteiger partial charge in [-0.3, -0.25) is 14.6 Å². The average Bonchev–Trinajstić information content (AvgIpc) is 2.77. The summed E-state index contributed by atoms with van der Waals surface area (Å²) in [6.45, 7) is -0.0817. The Morgan fingerprint density at radius 1 is 1.06 bits per heavy atom. The molecule has 0 saturated heterocycles. The number of aliphatic hydroxyl groups excluding tert-OH is 1. The van der Waals surface area contributed by atoms with Crippen molar-refractivity contribution in [3.63, 3.8) is 0 Å². The van der Waals surface area contributed by atoms with Crippen LogP contribution in [0.5, 0.6) is 0 Å². The maximum atomic E-state index is 12.9. The third-order valence-corrected chi connectivity index (χ3v) is 4.70. The number of para-hydroxylation sites is 1. The number of ketones is 1. The lowest BCUT2D eigenvalue weighted by Gasteiger charge is -2.18.